The van der Waals surface area contributed by atoms with Gasteiger partial charge in [-0.2, -0.15) is 0 Å². The first-order valence-electron chi connectivity index (χ1n) is 5.62. The Morgan fingerprint density at radius 1 is 1.41 bits per heavy atom. The van der Waals surface area contributed by atoms with Crippen LogP contribution in [0.3, 0.4) is 0 Å². The van der Waals surface area contributed by atoms with Crippen LogP contribution in [0.25, 0.3) is 0 Å². The lowest BCUT2D eigenvalue weighted by atomic mass is 9.96. The van der Waals surface area contributed by atoms with Crippen LogP contribution in [-0.4, -0.2) is 17.1 Å². The topological polar surface area (TPSA) is 67.8 Å². The van der Waals surface area contributed by atoms with Gasteiger partial charge in [-0.3, -0.25) is 0 Å². The van der Waals surface area contributed by atoms with E-state index < -0.39 is 6.10 Å². The van der Waals surface area contributed by atoms with Gasteiger partial charge in [0.1, 0.15) is 5.75 Å². The van der Waals surface area contributed by atoms with E-state index in [0.717, 1.165) is 18.6 Å². The summed E-state index contributed by atoms with van der Waals surface area (Å²) in [6, 6.07) is 5.98. The molecule has 90 valence electrons. The van der Waals surface area contributed by atoms with E-state index in [0.29, 0.717) is 0 Å². The van der Waals surface area contributed by atoms with Gasteiger partial charge in [-0.25, -0.2) is 0 Å². The number of fused-ring (bicyclic) bond motifs is 1. The molecule has 0 heterocycles. The van der Waals surface area contributed by atoms with E-state index in [1.807, 2.05) is 12.1 Å². The highest BCUT2D eigenvalue weighted by molar-refractivity contribution is 5.84. The van der Waals surface area contributed by atoms with E-state index in [4.69, 9.17) is 15.7 Å². The van der Waals surface area contributed by atoms with Crippen molar-refractivity contribution >= 4 is 5.84 Å². The summed E-state index contributed by atoms with van der Waals surface area (Å²) in [4.78, 5) is 0. The maximum Gasteiger partial charge on any atom is 0.180 e. The van der Waals surface area contributed by atoms with Crippen LogP contribution in [0.15, 0.2) is 35.5 Å². The van der Waals surface area contributed by atoms with Gasteiger partial charge >= 0.3 is 0 Å². The molecule has 0 saturated heterocycles. The first-order chi connectivity index (χ1) is 8.22. The minimum Gasteiger partial charge on any atom is -0.482 e. The zero-order valence-electron chi connectivity index (χ0n) is 9.76. The Hall–Kier alpha value is -1.97. The highest BCUT2D eigenvalue weighted by Gasteiger charge is 2.15. The van der Waals surface area contributed by atoms with Crippen molar-refractivity contribution in [2.24, 2.45) is 10.9 Å². The SMILES string of the molecule is CC(Oc1cccc2c1CC=CC2)C(N)=NO. The highest BCUT2D eigenvalue weighted by atomic mass is 16.5. The second kappa shape index (κ2) is 4.91. The molecular weight excluding hydrogens is 216 g/mol. The van der Waals surface area contributed by atoms with E-state index >= 15 is 0 Å². The Labute approximate surface area is 100 Å². The van der Waals surface area contributed by atoms with Gasteiger partial charge in [0.2, 0.25) is 0 Å². The number of hydrogen-bond donors (Lipinski definition) is 2. The fourth-order valence-corrected chi connectivity index (χ4v) is 1.89. The average molecular weight is 232 g/mol. The molecule has 0 spiro atoms. The summed E-state index contributed by atoms with van der Waals surface area (Å²) in [6.07, 6.45) is 5.65. The number of nitrogens with two attached hydrogens (primary N) is 1. The van der Waals surface area contributed by atoms with Crippen LogP contribution in [0.1, 0.15) is 18.1 Å². The molecule has 1 atom stereocenters. The minimum absolute atomic E-state index is 0.0777. The maximum absolute atomic E-state index is 8.59. The summed E-state index contributed by atoms with van der Waals surface area (Å²) in [5, 5.41) is 11.5. The lowest BCUT2D eigenvalue weighted by Crippen LogP contribution is -2.31. The van der Waals surface area contributed by atoms with Crippen molar-refractivity contribution < 1.29 is 9.94 Å². The molecule has 1 aromatic carbocycles. The third kappa shape index (κ3) is 2.41. The van der Waals surface area contributed by atoms with Gasteiger partial charge in [-0.05, 0) is 31.4 Å². The van der Waals surface area contributed by atoms with Crippen LogP contribution in [0.4, 0.5) is 0 Å². The molecule has 17 heavy (non-hydrogen) atoms. The van der Waals surface area contributed by atoms with Gasteiger partial charge in [0, 0.05) is 5.56 Å². The molecule has 0 saturated carbocycles. The molecule has 0 amide bonds. The summed E-state index contributed by atoms with van der Waals surface area (Å²) < 4.78 is 5.72. The molecule has 4 nitrogen and oxygen atoms in total. The van der Waals surface area contributed by atoms with Crippen molar-refractivity contribution in [3.05, 3.63) is 41.5 Å². The monoisotopic (exact) mass is 232 g/mol. The number of benzene rings is 1. The zero-order valence-corrected chi connectivity index (χ0v) is 9.76. The van der Waals surface area contributed by atoms with Crippen LogP contribution >= 0.6 is 0 Å². The first kappa shape index (κ1) is 11.5. The molecule has 0 bridgehead atoms. The summed E-state index contributed by atoms with van der Waals surface area (Å²) >= 11 is 0. The zero-order chi connectivity index (χ0) is 12.3. The fraction of sp³-hybridized carbons (Fsp3) is 0.308. The number of rotatable bonds is 3. The third-order valence-corrected chi connectivity index (χ3v) is 2.89. The molecule has 1 unspecified atom stereocenters. The number of hydrogen-bond acceptors (Lipinski definition) is 3. The van der Waals surface area contributed by atoms with Gasteiger partial charge in [0.25, 0.3) is 0 Å². The average Bonchev–Trinajstić information content (AvgIpc) is 2.38. The van der Waals surface area contributed by atoms with E-state index in [1.165, 1.54) is 11.1 Å². The normalized spacial score (nSPS) is 16.4. The van der Waals surface area contributed by atoms with E-state index in [9.17, 15) is 0 Å². The van der Waals surface area contributed by atoms with Gasteiger partial charge in [-0.15, -0.1) is 0 Å². The van der Waals surface area contributed by atoms with Crippen molar-refractivity contribution in [3.8, 4) is 5.75 Å². The quantitative estimate of drug-likeness (QED) is 0.275. The molecule has 0 fully saturated rings. The maximum atomic E-state index is 8.59. The van der Waals surface area contributed by atoms with E-state index in [-0.39, 0.29) is 5.84 Å². The van der Waals surface area contributed by atoms with Crippen LogP contribution in [0.2, 0.25) is 0 Å². The van der Waals surface area contributed by atoms with Crippen LogP contribution < -0.4 is 10.5 Å². The van der Waals surface area contributed by atoms with Crippen molar-refractivity contribution in [2.75, 3.05) is 0 Å². The molecule has 1 aliphatic rings. The number of ether oxygens (including phenoxy) is 1. The summed E-state index contributed by atoms with van der Waals surface area (Å²) in [5.74, 6) is 0.889. The molecule has 1 aliphatic carbocycles. The van der Waals surface area contributed by atoms with Crippen LogP contribution in [0.5, 0.6) is 5.75 Å². The van der Waals surface area contributed by atoms with Crippen molar-refractivity contribution in [1.29, 1.82) is 0 Å². The number of allylic oxidation sites excluding steroid dienone is 2. The fourth-order valence-electron chi connectivity index (χ4n) is 1.89. The van der Waals surface area contributed by atoms with E-state index in [1.54, 1.807) is 6.92 Å². The molecular formula is C13H16N2O2. The number of oxime groups is 1. The predicted molar refractivity (Wildman–Crippen MR) is 66.5 cm³/mol. The molecule has 0 radical (unpaired) electrons. The Morgan fingerprint density at radius 3 is 2.94 bits per heavy atom. The molecule has 2 rings (SSSR count). The first-order valence-corrected chi connectivity index (χ1v) is 5.62. The van der Waals surface area contributed by atoms with Crippen LogP contribution in [0, 0.1) is 0 Å². The van der Waals surface area contributed by atoms with Crippen molar-refractivity contribution in [3.63, 3.8) is 0 Å². The second-order valence-corrected chi connectivity index (χ2v) is 4.06. The lowest BCUT2D eigenvalue weighted by Gasteiger charge is -2.19. The van der Waals surface area contributed by atoms with Gasteiger partial charge in [-0.1, -0.05) is 29.4 Å². The number of nitrogens with zero attached hydrogens (tertiary/aromatic N) is 1. The molecule has 1 aromatic rings. The standard InChI is InChI=1S/C13H16N2O2/c1-9(13(14)15-16)17-12-8-4-6-10-5-2-3-7-11(10)12/h2-4,6,8-9,16H,5,7H2,1H3,(H2,14,15). The third-order valence-electron chi connectivity index (χ3n) is 2.89. The Bertz CT molecular complexity index is 466. The van der Waals surface area contributed by atoms with E-state index in [2.05, 4.69) is 23.4 Å². The van der Waals surface area contributed by atoms with Crippen LogP contribution in [-0.2, 0) is 12.8 Å². The second-order valence-electron chi connectivity index (χ2n) is 4.06. The predicted octanol–water partition coefficient (Wildman–Crippen LogP) is 1.86. The Morgan fingerprint density at radius 2 is 2.18 bits per heavy atom. The summed E-state index contributed by atoms with van der Waals surface area (Å²) in [7, 11) is 0. The van der Waals surface area contributed by atoms with Gasteiger partial charge in [0.15, 0.2) is 11.9 Å². The smallest absolute Gasteiger partial charge is 0.180 e. The lowest BCUT2D eigenvalue weighted by molar-refractivity contribution is 0.263. The largest absolute Gasteiger partial charge is 0.482 e. The summed E-state index contributed by atoms with van der Waals surface area (Å²) in [5.41, 5.74) is 7.96. The molecule has 3 N–H and O–H groups in total. The van der Waals surface area contributed by atoms with Crippen molar-refractivity contribution in [1.82, 2.24) is 0 Å². The molecule has 0 aliphatic heterocycles. The molecule has 0 aromatic heterocycles. The highest BCUT2D eigenvalue weighted by Crippen LogP contribution is 2.27. The minimum atomic E-state index is -0.433. The number of amidine groups is 1. The Balaban J connectivity index is 2.23. The van der Waals surface area contributed by atoms with Crippen molar-refractivity contribution in [2.45, 2.75) is 25.9 Å². The molecule has 4 heteroatoms. The van der Waals surface area contributed by atoms with Gasteiger partial charge in [0.05, 0.1) is 0 Å². The Kier molecular flexibility index (Phi) is 3.32. The van der Waals surface area contributed by atoms with Gasteiger partial charge < -0.3 is 15.7 Å². The summed E-state index contributed by atoms with van der Waals surface area (Å²) in [6.45, 7) is 1.76.